The predicted octanol–water partition coefficient (Wildman–Crippen LogP) is 0.901. The van der Waals surface area contributed by atoms with Crippen LogP contribution in [0.25, 0.3) is 0 Å². The molecule has 0 aromatic carbocycles. The van der Waals surface area contributed by atoms with Crippen LogP contribution in [0.1, 0.15) is 29.0 Å². The highest BCUT2D eigenvalue weighted by molar-refractivity contribution is 5.86. The predicted molar refractivity (Wildman–Crippen MR) is 58.2 cm³/mol. The average Bonchev–Trinajstić information content (AvgIpc) is 2.69. The van der Waals surface area contributed by atoms with Crippen molar-refractivity contribution < 1.29 is 14.3 Å². The highest BCUT2D eigenvalue weighted by Gasteiger charge is 2.20. The minimum atomic E-state index is -1.01. The van der Waals surface area contributed by atoms with Crippen molar-refractivity contribution in [2.75, 3.05) is 13.1 Å². The molecule has 5 nitrogen and oxygen atoms in total. The van der Waals surface area contributed by atoms with Gasteiger partial charge in [0.2, 0.25) is 5.76 Å². The Morgan fingerprint density at radius 3 is 2.88 bits per heavy atom. The zero-order chi connectivity index (χ0) is 11.5. The second-order valence-electron chi connectivity index (χ2n) is 4.19. The van der Waals surface area contributed by atoms with E-state index in [9.17, 15) is 4.79 Å². The maximum absolute atomic E-state index is 10.8. The number of aromatic carboxylic acids is 1. The molecule has 88 valence electrons. The van der Waals surface area contributed by atoms with E-state index < -0.39 is 5.97 Å². The molecule has 1 aliphatic heterocycles. The van der Waals surface area contributed by atoms with E-state index in [4.69, 9.17) is 15.3 Å². The number of carboxylic acids is 1. The van der Waals surface area contributed by atoms with Crippen LogP contribution in [0.15, 0.2) is 16.7 Å². The Balaban J connectivity index is 1.98. The summed E-state index contributed by atoms with van der Waals surface area (Å²) in [5.41, 5.74) is 6.55. The Kier molecular flexibility index (Phi) is 3.26. The first kappa shape index (κ1) is 11.2. The minimum absolute atomic E-state index is 0.0508. The SMILES string of the molecule is NC1CCN(Cc2ccoc2C(=O)O)CC1. The van der Waals surface area contributed by atoms with E-state index in [0.29, 0.717) is 12.6 Å². The largest absolute Gasteiger partial charge is 0.475 e. The number of nitrogens with two attached hydrogens (primary N) is 1. The molecule has 0 radical (unpaired) electrons. The fraction of sp³-hybridized carbons (Fsp3) is 0.545. The first-order valence-corrected chi connectivity index (χ1v) is 5.44. The molecule has 2 rings (SSSR count). The molecule has 1 aromatic heterocycles. The van der Waals surface area contributed by atoms with Crippen molar-refractivity contribution in [3.05, 3.63) is 23.7 Å². The van der Waals surface area contributed by atoms with Crippen LogP contribution in [-0.2, 0) is 6.54 Å². The van der Waals surface area contributed by atoms with Crippen LogP contribution in [0.3, 0.4) is 0 Å². The fourth-order valence-corrected chi connectivity index (χ4v) is 2.00. The van der Waals surface area contributed by atoms with E-state index in [1.807, 2.05) is 0 Å². The number of furan rings is 1. The standard InChI is InChI=1S/C11H16N2O3/c12-9-1-4-13(5-2-9)7-8-3-6-16-10(8)11(14)15/h3,6,9H,1-2,4-5,7,12H2,(H,14,15). The molecule has 5 heteroatoms. The van der Waals surface area contributed by atoms with Crippen LogP contribution < -0.4 is 5.73 Å². The lowest BCUT2D eigenvalue weighted by molar-refractivity contribution is 0.0658. The van der Waals surface area contributed by atoms with Crippen molar-refractivity contribution in [3.8, 4) is 0 Å². The van der Waals surface area contributed by atoms with Gasteiger partial charge < -0.3 is 15.3 Å². The molecule has 0 amide bonds. The summed E-state index contributed by atoms with van der Waals surface area (Å²) in [6, 6.07) is 2.01. The van der Waals surface area contributed by atoms with E-state index in [0.717, 1.165) is 31.5 Å². The third-order valence-electron chi connectivity index (χ3n) is 2.97. The quantitative estimate of drug-likeness (QED) is 0.797. The zero-order valence-corrected chi connectivity index (χ0v) is 9.06. The van der Waals surface area contributed by atoms with Crippen LogP contribution in [0, 0.1) is 0 Å². The van der Waals surface area contributed by atoms with Gasteiger partial charge in [0.1, 0.15) is 0 Å². The highest BCUT2D eigenvalue weighted by Crippen LogP contribution is 2.16. The summed E-state index contributed by atoms with van der Waals surface area (Å²) in [4.78, 5) is 13.1. The number of nitrogens with zero attached hydrogens (tertiary/aromatic N) is 1. The van der Waals surface area contributed by atoms with Crippen molar-refractivity contribution in [2.45, 2.75) is 25.4 Å². The molecule has 16 heavy (non-hydrogen) atoms. The van der Waals surface area contributed by atoms with Crippen molar-refractivity contribution in [1.29, 1.82) is 0 Å². The zero-order valence-electron chi connectivity index (χ0n) is 9.06. The van der Waals surface area contributed by atoms with Gasteiger partial charge in [-0.15, -0.1) is 0 Å². The number of carboxylic acid groups (broad SMARTS) is 1. The molecule has 2 heterocycles. The van der Waals surface area contributed by atoms with Crippen molar-refractivity contribution >= 4 is 5.97 Å². The Labute approximate surface area is 93.8 Å². The molecule has 0 aliphatic carbocycles. The summed E-state index contributed by atoms with van der Waals surface area (Å²) in [6.45, 7) is 2.47. The van der Waals surface area contributed by atoms with Crippen LogP contribution in [-0.4, -0.2) is 35.1 Å². The van der Waals surface area contributed by atoms with Gasteiger partial charge >= 0.3 is 5.97 Å². The third-order valence-corrected chi connectivity index (χ3v) is 2.97. The van der Waals surface area contributed by atoms with Crippen LogP contribution in [0.5, 0.6) is 0 Å². The third kappa shape index (κ3) is 2.43. The average molecular weight is 224 g/mol. The second-order valence-corrected chi connectivity index (χ2v) is 4.19. The molecule has 1 fully saturated rings. The summed E-state index contributed by atoms with van der Waals surface area (Å²) in [5, 5.41) is 8.89. The minimum Gasteiger partial charge on any atom is -0.475 e. The van der Waals surface area contributed by atoms with Crippen LogP contribution in [0.2, 0.25) is 0 Å². The highest BCUT2D eigenvalue weighted by atomic mass is 16.4. The van der Waals surface area contributed by atoms with E-state index >= 15 is 0 Å². The number of hydrogen-bond acceptors (Lipinski definition) is 4. The Hall–Kier alpha value is -1.33. The van der Waals surface area contributed by atoms with E-state index in [1.54, 1.807) is 6.07 Å². The molecule has 1 aromatic rings. The van der Waals surface area contributed by atoms with E-state index in [2.05, 4.69) is 4.90 Å². The van der Waals surface area contributed by atoms with E-state index in [-0.39, 0.29) is 5.76 Å². The molecule has 0 bridgehead atoms. The summed E-state index contributed by atoms with van der Waals surface area (Å²) in [6.07, 6.45) is 3.37. The topological polar surface area (TPSA) is 79.7 Å². The summed E-state index contributed by atoms with van der Waals surface area (Å²) < 4.78 is 4.94. The smallest absolute Gasteiger partial charge is 0.372 e. The molecule has 0 spiro atoms. The Morgan fingerprint density at radius 1 is 1.56 bits per heavy atom. The van der Waals surface area contributed by atoms with Gasteiger partial charge in [-0.25, -0.2) is 4.79 Å². The van der Waals surface area contributed by atoms with Gasteiger partial charge in [-0.1, -0.05) is 0 Å². The number of hydrogen-bond donors (Lipinski definition) is 2. The summed E-state index contributed by atoms with van der Waals surface area (Å²) in [5.74, 6) is -0.955. The fourth-order valence-electron chi connectivity index (χ4n) is 2.00. The molecule has 0 unspecified atom stereocenters. The number of rotatable bonds is 3. The first-order chi connectivity index (χ1) is 7.66. The maximum Gasteiger partial charge on any atom is 0.372 e. The van der Waals surface area contributed by atoms with Gasteiger partial charge in [-0.05, 0) is 32.0 Å². The van der Waals surface area contributed by atoms with Crippen molar-refractivity contribution in [2.24, 2.45) is 5.73 Å². The van der Waals surface area contributed by atoms with Crippen molar-refractivity contribution in [3.63, 3.8) is 0 Å². The Bertz CT molecular complexity index is 367. The van der Waals surface area contributed by atoms with Gasteiger partial charge in [0.15, 0.2) is 0 Å². The molecule has 1 aliphatic rings. The monoisotopic (exact) mass is 224 g/mol. The van der Waals surface area contributed by atoms with Gasteiger partial charge in [0.05, 0.1) is 6.26 Å². The number of carbonyl (C=O) groups is 1. The Morgan fingerprint density at radius 2 is 2.25 bits per heavy atom. The number of piperidine rings is 1. The van der Waals surface area contributed by atoms with Crippen molar-refractivity contribution in [1.82, 2.24) is 4.90 Å². The lowest BCUT2D eigenvalue weighted by Crippen LogP contribution is -2.39. The molecule has 0 saturated carbocycles. The molecular weight excluding hydrogens is 208 g/mol. The van der Waals surface area contributed by atoms with Gasteiger partial charge in [-0.3, -0.25) is 4.90 Å². The molecule has 0 atom stereocenters. The first-order valence-electron chi connectivity index (χ1n) is 5.44. The van der Waals surface area contributed by atoms with Gasteiger partial charge in [0.25, 0.3) is 0 Å². The maximum atomic E-state index is 10.8. The number of likely N-dealkylation sites (tertiary alicyclic amines) is 1. The van der Waals surface area contributed by atoms with Gasteiger partial charge in [0, 0.05) is 18.2 Å². The van der Waals surface area contributed by atoms with Crippen LogP contribution in [0.4, 0.5) is 0 Å². The summed E-state index contributed by atoms with van der Waals surface area (Å²) in [7, 11) is 0. The van der Waals surface area contributed by atoms with Crippen LogP contribution >= 0.6 is 0 Å². The summed E-state index contributed by atoms with van der Waals surface area (Å²) >= 11 is 0. The van der Waals surface area contributed by atoms with Gasteiger partial charge in [-0.2, -0.15) is 0 Å². The van der Waals surface area contributed by atoms with E-state index in [1.165, 1.54) is 6.26 Å². The molecule has 1 saturated heterocycles. The molecule has 3 N–H and O–H groups in total. The lowest BCUT2D eigenvalue weighted by Gasteiger charge is -2.29. The second kappa shape index (κ2) is 4.67. The normalized spacial score (nSPS) is 18.8. The molecular formula is C11H16N2O3. The lowest BCUT2D eigenvalue weighted by atomic mass is 10.1.